The van der Waals surface area contributed by atoms with Gasteiger partial charge in [0.05, 0.1) is 37.1 Å². The zero-order valence-corrected chi connectivity index (χ0v) is 33.9. The second kappa shape index (κ2) is 12.6. The summed E-state index contributed by atoms with van der Waals surface area (Å²) in [6.07, 6.45) is 8.37. The fourth-order valence-electron chi connectivity index (χ4n) is 14.9. The maximum atomic E-state index is 12.2. The van der Waals surface area contributed by atoms with Crippen molar-refractivity contribution in [3.05, 3.63) is 0 Å². The lowest BCUT2D eigenvalue weighted by atomic mass is 9.41. The van der Waals surface area contributed by atoms with Crippen LogP contribution >= 0.6 is 0 Å². The van der Waals surface area contributed by atoms with E-state index in [2.05, 4.69) is 58.4 Å². The molecule has 0 amide bonds. The molecule has 0 radical (unpaired) electrons. The molecule has 7 rings (SSSR count). The number of nitrogens with zero attached hydrogens (tertiary/aromatic N) is 2. The van der Waals surface area contributed by atoms with Crippen LogP contribution in [0.2, 0.25) is 0 Å². The Labute approximate surface area is 308 Å². The van der Waals surface area contributed by atoms with E-state index in [4.69, 9.17) is 18.9 Å². The number of likely N-dealkylation sites (N-methyl/N-ethyl adjacent to an activating group) is 1. The number of carbonyl (C=O) groups excluding carboxylic acids is 1. The Hall–Kier alpha value is -0.810. The number of rotatable bonds is 10. The van der Waals surface area contributed by atoms with E-state index in [1.807, 2.05) is 0 Å². The Morgan fingerprint density at radius 3 is 2.31 bits per heavy atom. The van der Waals surface area contributed by atoms with Crippen molar-refractivity contribution in [3.63, 3.8) is 0 Å². The first kappa shape index (κ1) is 38.5. The van der Waals surface area contributed by atoms with E-state index in [1.54, 1.807) is 21.0 Å². The number of hydrogen-bond acceptors (Lipinski definition) is 9. The standard InChI is InChI=1S/C42H72N2O7/c1-26(20-29(48-11)35(37(5,6)47)50-27(2)45)28-21-32(46)40(9)31-13-12-30-36(3,4)33(14-15-41(30)23-42(31,41)17-16-39(28,40)8)51-34-22-44(18-19-49-34)38(7)24-43(10)25-38/h26,28-35,46-47H,12-25H2,1-11H3/t26-,28-,29?,30+,31?,32+,33+,34+,35+,39-,40-,41-,42+/m1/s1. The Morgan fingerprint density at radius 1 is 1.02 bits per heavy atom. The molecule has 0 aromatic heterocycles. The number of aliphatic hydroxyl groups is 2. The van der Waals surface area contributed by atoms with Gasteiger partial charge in [-0.15, -0.1) is 0 Å². The highest BCUT2D eigenvalue weighted by atomic mass is 16.7. The summed E-state index contributed by atoms with van der Waals surface area (Å²) in [7, 11) is 3.86. The molecule has 2 spiro atoms. The van der Waals surface area contributed by atoms with Crippen LogP contribution in [0.15, 0.2) is 0 Å². The normalized spacial score (nSPS) is 46.4. The Kier molecular flexibility index (Phi) is 9.51. The molecule has 2 N–H and O–H groups in total. The van der Waals surface area contributed by atoms with Gasteiger partial charge in [0.25, 0.3) is 0 Å². The van der Waals surface area contributed by atoms with Gasteiger partial charge in [0.2, 0.25) is 0 Å². The van der Waals surface area contributed by atoms with Gasteiger partial charge in [-0.25, -0.2) is 0 Å². The third-order valence-electron chi connectivity index (χ3n) is 17.4. The fraction of sp³-hybridized carbons (Fsp3) is 0.976. The molecule has 51 heavy (non-hydrogen) atoms. The van der Waals surface area contributed by atoms with Crippen LogP contribution in [-0.2, 0) is 23.7 Å². The third-order valence-corrected chi connectivity index (χ3v) is 17.4. The average molecular weight is 717 g/mol. The number of morpholine rings is 1. The molecule has 2 saturated heterocycles. The molecule has 0 aromatic rings. The number of likely N-dealkylation sites (tertiary alicyclic amines) is 1. The van der Waals surface area contributed by atoms with Crippen LogP contribution in [0.3, 0.4) is 0 Å². The summed E-state index contributed by atoms with van der Waals surface area (Å²) in [5, 5.41) is 23.2. The first-order valence-corrected chi connectivity index (χ1v) is 20.5. The van der Waals surface area contributed by atoms with Crippen LogP contribution in [0, 0.1) is 50.7 Å². The summed E-state index contributed by atoms with van der Waals surface area (Å²) in [6, 6.07) is 0. The second-order valence-electron chi connectivity index (χ2n) is 20.8. The summed E-state index contributed by atoms with van der Waals surface area (Å²) in [6.45, 7) is 24.2. The first-order chi connectivity index (χ1) is 23.7. The SMILES string of the molecule is COC(C[C@@H](C)[C@H]1C[C@H](O)[C@@]2(C)C3CC[C@H]4C(C)(C)[C@@H](O[C@H]5CN(C6(C)CN(C)C6)CCO5)CC[C@@]45C[C@@]35CC[C@]12C)[C@H](OC(C)=O)C(C)(C)O. The lowest BCUT2D eigenvalue weighted by Crippen LogP contribution is -2.70. The van der Waals surface area contributed by atoms with Crippen LogP contribution in [0.25, 0.3) is 0 Å². The van der Waals surface area contributed by atoms with Gasteiger partial charge >= 0.3 is 5.97 Å². The number of methoxy groups -OCH3 is 1. The second-order valence-corrected chi connectivity index (χ2v) is 20.8. The van der Waals surface area contributed by atoms with E-state index >= 15 is 0 Å². The number of aliphatic hydroxyl groups excluding tert-OH is 1. The van der Waals surface area contributed by atoms with E-state index in [-0.39, 0.29) is 46.2 Å². The Morgan fingerprint density at radius 2 is 1.69 bits per heavy atom. The summed E-state index contributed by atoms with van der Waals surface area (Å²) < 4.78 is 24.9. The van der Waals surface area contributed by atoms with Crippen molar-refractivity contribution in [1.29, 1.82) is 0 Å². The molecule has 2 unspecified atom stereocenters. The van der Waals surface area contributed by atoms with E-state index < -0.39 is 23.8 Å². The Balaban J connectivity index is 1.06. The van der Waals surface area contributed by atoms with Crippen molar-refractivity contribution >= 4 is 5.97 Å². The molecule has 7 aliphatic rings. The molecule has 0 bridgehead atoms. The fourth-order valence-corrected chi connectivity index (χ4v) is 14.9. The highest BCUT2D eigenvalue weighted by molar-refractivity contribution is 5.66. The first-order valence-electron chi connectivity index (χ1n) is 20.5. The molecule has 5 aliphatic carbocycles. The third kappa shape index (κ3) is 5.65. The van der Waals surface area contributed by atoms with Crippen LogP contribution in [-0.4, -0.2) is 115 Å². The zero-order valence-electron chi connectivity index (χ0n) is 33.9. The lowest BCUT2D eigenvalue weighted by Gasteiger charge is -2.64. The summed E-state index contributed by atoms with van der Waals surface area (Å²) >= 11 is 0. The summed E-state index contributed by atoms with van der Waals surface area (Å²) in [4.78, 5) is 17.0. The van der Waals surface area contributed by atoms with Gasteiger partial charge in [-0.3, -0.25) is 9.69 Å². The number of fused-ring (bicyclic) bond motifs is 2. The topological polar surface area (TPSA) is 101 Å². The molecular formula is C42H72N2O7. The maximum absolute atomic E-state index is 12.2. The minimum atomic E-state index is -1.23. The number of carbonyl (C=O) groups is 1. The molecule has 292 valence electrons. The van der Waals surface area contributed by atoms with Crippen molar-refractivity contribution in [2.24, 2.45) is 50.7 Å². The highest BCUT2D eigenvalue weighted by Gasteiger charge is 2.83. The van der Waals surface area contributed by atoms with Gasteiger partial charge in [0.1, 0.15) is 0 Å². The van der Waals surface area contributed by atoms with Gasteiger partial charge in [-0.05, 0) is 131 Å². The highest BCUT2D eigenvalue weighted by Crippen LogP contribution is 2.89. The van der Waals surface area contributed by atoms with Crippen molar-refractivity contribution in [3.8, 4) is 0 Å². The molecule has 5 saturated carbocycles. The molecule has 13 atom stereocenters. The van der Waals surface area contributed by atoms with Crippen LogP contribution < -0.4 is 0 Å². The number of esters is 1. The lowest BCUT2D eigenvalue weighted by molar-refractivity contribution is -0.258. The Bertz CT molecular complexity index is 1330. The smallest absolute Gasteiger partial charge is 0.303 e. The van der Waals surface area contributed by atoms with E-state index in [0.717, 1.165) is 52.0 Å². The number of ether oxygens (including phenoxy) is 4. The van der Waals surface area contributed by atoms with Crippen molar-refractivity contribution in [2.75, 3.05) is 46.9 Å². The monoisotopic (exact) mass is 717 g/mol. The predicted octanol–water partition coefficient (Wildman–Crippen LogP) is 5.89. The molecular weight excluding hydrogens is 644 g/mol. The van der Waals surface area contributed by atoms with Crippen molar-refractivity contribution in [2.45, 2.75) is 162 Å². The van der Waals surface area contributed by atoms with Crippen LogP contribution in [0.1, 0.15) is 120 Å². The van der Waals surface area contributed by atoms with E-state index in [1.165, 1.54) is 39.0 Å². The quantitative estimate of drug-likeness (QED) is 0.268. The molecule has 9 nitrogen and oxygen atoms in total. The molecule has 2 aliphatic heterocycles. The summed E-state index contributed by atoms with van der Waals surface area (Å²) in [5.74, 6) is 1.27. The van der Waals surface area contributed by atoms with Gasteiger partial charge in [0.15, 0.2) is 12.4 Å². The van der Waals surface area contributed by atoms with Gasteiger partial charge < -0.3 is 34.1 Å². The van der Waals surface area contributed by atoms with Gasteiger partial charge in [0, 0.05) is 44.6 Å². The van der Waals surface area contributed by atoms with Gasteiger partial charge in [-0.1, -0.05) is 34.6 Å². The molecule has 7 fully saturated rings. The minimum Gasteiger partial charge on any atom is -0.457 e. The van der Waals surface area contributed by atoms with Gasteiger partial charge in [-0.2, -0.15) is 0 Å². The molecule has 9 heteroatoms. The van der Waals surface area contributed by atoms with Crippen molar-refractivity contribution in [1.82, 2.24) is 9.80 Å². The number of hydrogen-bond donors (Lipinski definition) is 2. The van der Waals surface area contributed by atoms with Crippen LogP contribution in [0.5, 0.6) is 0 Å². The zero-order chi connectivity index (χ0) is 37.2. The maximum Gasteiger partial charge on any atom is 0.303 e. The van der Waals surface area contributed by atoms with E-state index in [9.17, 15) is 15.0 Å². The van der Waals surface area contributed by atoms with Crippen molar-refractivity contribution < 1.29 is 34.0 Å². The predicted molar refractivity (Wildman–Crippen MR) is 197 cm³/mol. The largest absolute Gasteiger partial charge is 0.457 e. The molecule has 2 heterocycles. The van der Waals surface area contributed by atoms with E-state index in [0.29, 0.717) is 35.0 Å². The minimum absolute atomic E-state index is 0.00572. The average Bonchev–Trinajstić information content (AvgIpc) is 3.65. The molecule has 0 aromatic carbocycles. The van der Waals surface area contributed by atoms with Crippen LogP contribution in [0.4, 0.5) is 0 Å². The summed E-state index contributed by atoms with van der Waals surface area (Å²) in [5.41, 5.74) is -0.439.